The largest absolute Gasteiger partial charge is 0.379 e. The predicted octanol–water partition coefficient (Wildman–Crippen LogP) is 4.45. The quantitative estimate of drug-likeness (QED) is 0.558. The van der Waals surface area contributed by atoms with Crippen LogP contribution in [-0.4, -0.2) is 58.2 Å². The van der Waals surface area contributed by atoms with E-state index in [9.17, 15) is 0 Å². The molecule has 5 rings (SSSR count). The number of nitrogens with zero attached hydrogens (tertiary/aromatic N) is 5. The fourth-order valence-electron chi connectivity index (χ4n) is 4.05. The Labute approximate surface area is 195 Å². The predicted molar refractivity (Wildman–Crippen MR) is 123 cm³/mol. The number of hydrogen-bond acceptors (Lipinski definition) is 5. The number of benzene rings is 2. The van der Waals surface area contributed by atoms with Crippen molar-refractivity contribution in [3.05, 3.63) is 74.2 Å². The highest BCUT2D eigenvalue weighted by molar-refractivity contribution is 6.39. The number of morpholine rings is 1. The van der Waals surface area contributed by atoms with Crippen molar-refractivity contribution in [2.24, 2.45) is 4.99 Å². The van der Waals surface area contributed by atoms with Gasteiger partial charge in [-0.1, -0.05) is 53.0 Å². The Hall–Kier alpha value is -1.96. The van der Waals surface area contributed by atoms with Crippen LogP contribution >= 0.6 is 34.8 Å². The van der Waals surface area contributed by atoms with Crippen LogP contribution in [0, 0.1) is 0 Å². The number of fused-ring (bicyclic) bond motifs is 3. The Morgan fingerprint density at radius 1 is 0.935 bits per heavy atom. The third kappa shape index (κ3) is 4.11. The van der Waals surface area contributed by atoms with Crippen LogP contribution in [0.4, 0.5) is 0 Å². The number of aliphatic imine (C=N–C) groups is 1. The van der Waals surface area contributed by atoms with E-state index in [1.54, 1.807) is 6.07 Å². The minimum atomic E-state index is 0.369. The van der Waals surface area contributed by atoms with Crippen molar-refractivity contribution in [2.75, 3.05) is 32.8 Å². The zero-order chi connectivity index (χ0) is 21.4. The van der Waals surface area contributed by atoms with Gasteiger partial charge in [-0.25, -0.2) is 0 Å². The van der Waals surface area contributed by atoms with Gasteiger partial charge in [0.05, 0.1) is 29.6 Å². The lowest BCUT2D eigenvalue weighted by Crippen LogP contribution is -2.37. The molecule has 6 nitrogen and oxygen atoms in total. The topological polar surface area (TPSA) is 55.5 Å². The van der Waals surface area contributed by atoms with Gasteiger partial charge >= 0.3 is 0 Å². The van der Waals surface area contributed by atoms with Gasteiger partial charge in [0.1, 0.15) is 12.4 Å². The van der Waals surface area contributed by atoms with Gasteiger partial charge in [0.2, 0.25) is 0 Å². The van der Waals surface area contributed by atoms with Crippen LogP contribution in [0.2, 0.25) is 15.1 Å². The molecule has 0 radical (unpaired) electrons. The van der Waals surface area contributed by atoms with Crippen LogP contribution < -0.4 is 0 Å². The zero-order valence-corrected chi connectivity index (χ0v) is 19.0. The second-order valence-electron chi connectivity index (χ2n) is 7.50. The molecule has 0 atom stereocenters. The molecule has 1 saturated heterocycles. The number of hydrogen-bond donors (Lipinski definition) is 0. The summed E-state index contributed by atoms with van der Waals surface area (Å²) in [5, 5.41) is 10.6. The van der Waals surface area contributed by atoms with Crippen molar-refractivity contribution < 1.29 is 4.74 Å². The van der Waals surface area contributed by atoms with E-state index in [1.807, 2.05) is 34.9 Å². The van der Waals surface area contributed by atoms with Crippen molar-refractivity contribution in [2.45, 2.75) is 13.0 Å². The number of ether oxygens (including phenoxy) is 1. The second kappa shape index (κ2) is 8.88. The molecule has 0 unspecified atom stereocenters. The lowest BCUT2D eigenvalue weighted by molar-refractivity contribution is 0.0382. The summed E-state index contributed by atoms with van der Waals surface area (Å²) in [6.07, 6.45) is 0.743. The summed E-state index contributed by atoms with van der Waals surface area (Å²) in [6, 6.07) is 11.3. The monoisotopic (exact) mass is 475 g/mol. The third-order valence-corrected chi connectivity index (χ3v) is 6.40. The maximum absolute atomic E-state index is 6.74. The summed E-state index contributed by atoms with van der Waals surface area (Å²) in [7, 11) is 0. The van der Waals surface area contributed by atoms with Crippen molar-refractivity contribution in [1.82, 2.24) is 19.7 Å². The molecule has 0 amide bonds. The molecule has 2 aliphatic heterocycles. The highest BCUT2D eigenvalue weighted by Gasteiger charge is 2.26. The summed E-state index contributed by atoms with van der Waals surface area (Å²) in [6.45, 7) is 4.62. The SMILES string of the molecule is Clc1cc(Cl)c2c(c1)C(c1ccccc1Cl)=NCc1nnc(CCN3CCOCC3)n1-2. The maximum Gasteiger partial charge on any atom is 0.159 e. The number of rotatable bonds is 4. The lowest BCUT2D eigenvalue weighted by atomic mass is 10.00. The average Bonchev–Trinajstić information content (AvgIpc) is 3.08. The molecule has 1 aromatic heterocycles. The Kier molecular flexibility index (Phi) is 5.99. The Bertz CT molecular complexity index is 1150. The summed E-state index contributed by atoms with van der Waals surface area (Å²) in [4.78, 5) is 7.22. The minimum absolute atomic E-state index is 0.369. The lowest BCUT2D eigenvalue weighted by Gasteiger charge is -2.26. The van der Waals surface area contributed by atoms with Crippen LogP contribution in [0.15, 0.2) is 41.4 Å². The van der Waals surface area contributed by atoms with Crippen LogP contribution in [0.25, 0.3) is 5.69 Å². The van der Waals surface area contributed by atoms with E-state index in [0.717, 1.165) is 73.4 Å². The van der Waals surface area contributed by atoms with Crippen molar-refractivity contribution in [3.63, 3.8) is 0 Å². The second-order valence-corrected chi connectivity index (χ2v) is 8.75. The molecule has 1 fully saturated rings. The number of halogens is 3. The summed E-state index contributed by atoms with van der Waals surface area (Å²) in [5.74, 6) is 1.59. The van der Waals surface area contributed by atoms with Crippen LogP contribution in [0.3, 0.4) is 0 Å². The molecule has 3 aromatic rings. The van der Waals surface area contributed by atoms with Crippen molar-refractivity contribution in [3.8, 4) is 5.69 Å². The summed E-state index contributed by atoms with van der Waals surface area (Å²) in [5.41, 5.74) is 3.18. The van der Waals surface area contributed by atoms with E-state index in [-0.39, 0.29) is 0 Å². The fraction of sp³-hybridized carbons (Fsp3) is 0.318. The van der Waals surface area contributed by atoms with Gasteiger partial charge in [0, 0.05) is 47.2 Å². The van der Waals surface area contributed by atoms with Crippen molar-refractivity contribution in [1.29, 1.82) is 0 Å². The molecule has 3 heterocycles. The molecule has 0 saturated carbocycles. The van der Waals surface area contributed by atoms with Crippen LogP contribution in [-0.2, 0) is 17.7 Å². The highest BCUT2D eigenvalue weighted by Crippen LogP contribution is 2.35. The molecular weight excluding hydrogens is 457 g/mol. The standard InChI is InChI=1S/C22H20Cl3N5O/c23-14-11-16-21(15-3-1-2-4-17(15)24)26-13-20-28-27-19(30(20)22(16)18(25)12-14)5-6-29-7-9-31-10-8-29/h1-4,11-12H,5-10,13H2. The third-order valence-electron chi connectivity index (χ3n) is 5.57. The van der Waals surface area contributed by atoms with Gasteiger partial charge < -0.3 is 4.74 Å². The maximum atomic E-state index is 6.74. The Balaban J connectivity index is 1.59. The van der Waals surface area contributed by atoms with Crippen LogP contribution in [0.1, 0.15) is 22.8 Å². The molecule has 0 spiro atoms. The molecule has 31 heavy (non-hydrogen) atoms. The molecule has 0 bridgehead atoms. The van der Waals surface area contributed by atoms with Gasteiger partial charge in [0.15, 0.2) is 5.82 Å². The number of aromatic nitrogens is 3. The van der Waals surface area contributed by atoms with E-state index in [4.69, 9.17) is 44.5 Å². The molecule has 0 N–H and O–H groups in total. The Morgan fingerprint density at radius 2 is 1.74 bits per heavy atom. The minimum Gasteiger partial charge on any atom is -0.379 e. The normalized spacial score (nSPS) is 16.4. The van der Waals surface area contributed by atoms with E-state index < -0.39 is 0 Å². The van der Waals surface area contributed by atoms with Gasteiger partial charge in [-0.15, -0.1) is 10.2 Å². The average molecular weight is 477 g/mol. The first-order chi connectivity index (χ1) is 15.1. The van der Waals surface area contributed by atoms with E-state index in [0.29, 0.717) is 21.6 Å². The first-order valence-electron chi connectivity index (χ1n) is 10.1. The van der Waals surface area contributed by atoms with E-state index in [1.165, 1.54) is 0 Å². The van der Waals surface area contributed by atoms with Crippen LogP contribution in [0.5, 0.6) is 0 Å². The molecule has 160 valence electrons. The first-order valence-corrected chi connectivity index (χ1v) is 11.3. The fourth-order valence-corrected chi connectivity index (χ4v) is 4.85. The highest BCUT2D eigenvalue weighted by atomic mass is 35.5. The van der Waals surface area contributed by atoms with Gasteiger partial charge in [0.25, 0.3) is 0 Å². The van der Waals surface area contributed by atoms with Gasteiger partial charge in [-0.05, 0) is 18.2 Å². The molecule has 0 aliphatic carbocycles. The molecule has 9 heteroatoms. The van der Waals surface area contributed by atoms with E-state index in [2.05, 4.69) is 15.1 Å². The van der Waals surface area contributed by atoms with Crippen molar-refractivity contribution >= 4 is 40.5 Å². The van der Waals surface area contributed by atoms with E-state index >= 15 is 0 Å². The molecule has 2 aliphatic rings. The zero-order valence-electron chi connectivity index (χ0n) is 16.7. The first kappa shape index (κ1) is 20.9. The van der Waals surface area contributed by atoms with Gasteiger partial charge in [-0.3, -0.25) is 14.5 Å². The smallest absolute Gasteiger partial charge is 0.159 e. The summed E-state index contributed by atoms with van der Waals surface area (Å²) >= 11 is 19.7. The summed E-state index contributed by atoms with van der Waals surface area (Å²) < 4.78 is 7.48. The Morgan fingerprint density at radius 3 is 2.55 bits per heavy atom. The molecule has 2 aromatic carbocycles. The van der Waals surface area contributed by atoms with Gasteiger partial charge in [-0.2, -0.15) is 0 Å². The molecular formula is C22H20Cl3N5O.